The molecule has 0 spiro atoms. The lowest BCUT2D eigenvalue weighted by atomic mass is 10.0. The first-order valence-electron chi connectivity index (χ1n) is 26.4. The van der Waals surface area contributed by atoms with Gasteiger partial charge < -0.3 is 18.8 Å². The number of ketones is 1. The second-order valence-corrected chi connectivity index (χ2v) is 21.4. The minimum atomic E-state index is 0.0153. The number of benzene rings is 8. The summed E-state index contributed by atoms with van der Waals surface area (Å²) in [5.41, 5.74) is 17.0. The number of rotatable bonds is 21. The first kappa shape index (κ1) is 51.2. The van der Waals surface area contributed by atoms with Crippen molar-refractivity contribution in [3.05, 3.63) is 214 Å². The predicted octanol–water partition coefficient (Wildman–Crippen LogP) is 17.0. The molecule has 0 saturated heterocycles. The number of hydrogen-bond acceptors (Lipinski definition) is 7. The maximum absolute atomic E-state index is 14.1. The summed E-state index contributed by atoms with van der Waals surface area (Å²) in [5, 5.41) is 13.2. The fraction of sp³-hybridized carbons (Fsp3) is 0.227. The number of carbonyl (C=O) groups excluding carboxylic acids is 1. The van der Waals surface area contributed by atoms with E-state index in [1.165, 1.54) is 53.9 Å². The van der Waals surface area contributed by atoms with Gasteiger partial charge in [0.25, 0.3) is 0 Å². The van der Waals surface area contributed by atoms with E-state index in [1.54, 1.807) is 0 Å². The number of fused-ring (bicyclic) bond motifs is 6. The van der Waals surface area contributed by atoms with Crippen LogP contribution in [0.4, 0.5) is 0 Å². The Hall–Kier alpha value is -7.33. The van der Waals surface area contributed by atoms with Gasteiger partial charge in [-0.25, -0.2) is 0 Å². The van der Waals surface area contributed by atoms with Crippen LogP contribution < -0.4 is 0 Å². The molecule has 378 valence electrons. The van der Waals surface area contributed by atoms with Gasteiger partial charge in [-0.05, 0) is 220 Å². The van der Waals surface area contributed by atoms with Gasteiger partial charge in [-0.3, -0.25) is 4.79 Å². The monoisotopic (exact) mass is 1020 g/mol. The molecule has 0 aliphatic rings. The van der Waals surface area contributed by atoms with Gasteiger partial charge >= 0.3 is 0 Å². The van der Waals surface area contributed by atoms with Crippen LogP contribution in [-0.2, 0) is 28.9 Å². The normalized spacial score (nSPS) is 12.1. The van der Waals surface area contributed by atoms with Crippen LogP contribution in [0, 0.1) is 0 Å². The zero-order valence-electron chi connectivity index (χ0n) is 43.9. The van der Waals surface area contributed by atoms with Gasteiger partial charge in [0.15, 0.2) is 5.78 Å². The van der Waals surface area contributed by atoms with Crippen LogP contribution in [0.15, 0.2) is 190 Å². The molecule has 10 aromatic rings. The molecule has 2 heterocycles. The van der Waals surface area contributed by atoms with Gasteiger partial charge in [-0.1, -0.05) is 78.8 Å². The molecule has 0 unspecified atom stereocenters. The molecule has 0 aliphatic carbocycles. The SMILES string of the molecule is CCO/N=C(/C)c1ccc2c(c1)c1cc(Cc3ccc(SCCCCSc4ccc(C(=O)c5ccc6c(c5)c5cc(/C(C)=N/OCC)ccc5n6-c5ccc(CC)cc5)cc4)cc3)ccc1n2-c1ccc(CC)cc1. The van der Waals surface area contributed by atoms with Gasteiger partial charge in [0.1, 0.15) is 13.2 Å². The van der Waals surface area contributed by atoms with Crippen LogP contribution in [0.1, 0.15) is 104 Å². The van der Waals surface area contributed by atoms with Crippen molar-refractivity contribution in [3.63, 3.8) is 0 Å². The van der Waals surface area contributed by atoms with E-state index in [1.807, 2.05) is 69.4 Å². The summed E-state index contributed by atoms with van der Waals surface area (Å²) in [4.78, 5) is 27.3. The number of carbonyl (C=O) groups is 1. The Morgan fingerprint density at radius 1 is 0.427 bits per heavy atom. The second-order valence-electron chi connectivity index (χ2n) is 19.0. The molecule has 0 aliphatic heterocycles. The number of aromatic nitrogens is 2. The Morgan fingerprint density at radius 3 is 1.25 bits per heavy atom. The zero-order valence-corrected chi connectivity index (χ0v) is 45.5. The van der Waals surface area contributed by atoms with Gasteiger partial charge in [0.2, 0.25) is 0 Å². The van der Waals surface area contributed by atoms with Gasteiger partial charge in [0, 0.05) is 53.8 Å². The maximum Gasteiger partial charge on any atom is 0.193 e. The fourth-order valence-electron chi connectivity index (χ4n) is 9.93. The summed E-state index contributed by atoms with van der Waals surface area (Å²) in [7, 11) is 0. The fourth-order valence-corrected chi connectivity index (χ4v) is 11.8. The lowest BCUT2D eigenvalue weighted by molar-refractivity contribution is 0.103. The van der Waals surface area contributed by atoms with E-state index in [-0.39, 0.29) is 5.78 Å². The van der Waals surface area contributed by atoms with Gasteiger partial charge in [-0.2, -0.15) is 0 Å². The number of aryl methyl sites for hydroxylation is 2. The predicted molar refractivity (Wildman–Crippen MR) is 318 cm³/mol. The van der Waals surface area contributed by atoms with E-state index in [2.05, 4.69) is 185 Å². The molecular formula is C66H64N4O3S2. The number of unbranched alkanes of at least 4 members (excludes halogenated alkanes) is 1. The average Bonchev–Trinajstić information content (AvgIpc) is 3.97. The van der Waals surface area contributed by atoms with Crippen LogP contribution in [0.2, 0.25) is 0 Å². The first-order valence-corrected chi connectivity index (χ1v) is 28.4. The molecule has 0 amide bonds. The van der Waals surface area contributed by atoms with E-state index >= 15 is 0 Å². The number of thioether (sulfide) groups is 2. The molecule has 9 heteroatoms. The molecule has 0 radical (unpaired) electrons. The molecule has 0 bridgehead atoms. The zero-order chi connectivity index (χ0) is 51.8. The van der Waals surface area contributed by atoms with E-state index in [9.17, 15) is 4.79 Å². The average molecular weight is 1030 g/mol. The highest BCUT2D eigenvalue weighted by atomic mass is 32.2. The highest BCUT2D eigenvalue weighted by Gasteiger charge is 2.19. The Labute approximate surface area is 449 Å². The third-order valence-electron chi connectivity index (χ3n) is 14.1. The summed E-state index contributed by atoms with van der Waals surface area (Å²) < 4.78 is 4.67. The van der Waals surface area contributed by atoms with Gasteiger partial charge in [-0.15, -0.1) is 23.5 Å². The largest absolute Gasteiger partial charge is 0.396 e. The molecule has 0 N–H and O–H groups in total. The van der Waals surface area contributed by atoms with Crippen LogP contribution in [-0.4, -0.2) is 51.1 Å². The van der Waals surface area contributed by atoms with E-state index in [0.29, 0.717) is 24.3 Å². The highest BCUT2D eigenvalue weighted by Crippen LogP contribution is 2.37. The van der Waals surface area contributed by atoms with Gasteiger partial charge in [0.05, 0.1) is 33.5 Å². The highest BCUT2D eigenvalue weighted by molar-refractivity contribution is 7.99. The van der Waals surface area contributed by atoms with Crippen LogP contribution >= 0.6 is 23.5 Å². The van der Waals surface area contributed by atoms with Crippen LogP contribution in [0.25, 0.3) is 55.0 Å². The molecule has 2 aromatic heterocycles. The summed E-state index contributed by atoms with van der Waals surface area (Å²) in [5.74, 6) is 2.12. The van der Waals surface area contributed by atoms with Crippen molar-refractivity contribution in [2.45, 2.75) is 83.4 Å². The smallest absolute Gasteiger partial charge is 0.193 e. The number of nitrogens with zero attached hydrogens (tertiary/aromatic N) is 4. The number of hydrogen-bond donors (Lipinski definition) is 0. The molecule has 0 fully saturated rings. The molecule has 0 atom stereocenters. The molecule has 10 rings (SSSR count). The minimum absolute atomic E-state index is 0.0153. The molecule has 75 heavy (non-hydrogen) atoms. The molecule has 7 nitrogen and oxygen atoms in total. The Morgan fingerprint density at radius 2 is 0.800 bits per heavy atom. The molecule has 8 aromatic carbocycles. The van der Waals surface area contributed by atoms with Crippen molar-refractivity contribution in [1.29, 1.82) is 0 Å². The quantitative estimate of drug-likeness (QED) is 0.0236. The maximum atomic E-state index is 14.1. The Bertz CT molecular complexity index is 3700. The van der Waals surface area contributed by atoms with E-state index in [4.69, 9.17) is 9.68 Å². The molecule has 0 saturated carbocycles. The third-order valence-corrected chi connectivity index (χ3v) is 16.3. The van der Waals surface area contributed by atoms with Crippen LogP contribution in [0.5, 0.6) is 0 Å². The third kappa shape index (κ3) is 11.2. The standard InChI is InChI=1S/C66H64N4O3S2/c1-7-46-13-25-54(26-14-46)69-62-33-19-49(40-58(62)59-41-51(22-34-63(59)69)44(5)67-72-9-3)39-48-17-29-56(30-18-48)74-37-11-12-38-75-57-31-20-50(21-32-57)66(71)53-24-36-65-61(43-53)60-42-52(45(6)68-73-10-4)23-35-64(60)70(65)55-27-15-47(8-2)16-28-55/h13-36,40-43H,7-12,37-39H2,1-6H3/b67-44-,68-45+. The van der Waals surface area contributed by atoms with Crippen LogP contribution in [0.3, 0.4) is 0 Å². The summed E-state index contributed by atoms with van der Waals surface area (Å²) in [6, 6.07) is 61.0. The van der Waals surface area contributed by atoms with Crippen molar-refractivity contribution in [2.75, 3.05) is 24.7 Å². The second kappa shape index (κ2) is 23.5. The first-order chi connectivity index (χ1) is 36.7. The minimum Gasteiger partial charge on any atom is -0.396 e. The molecular weight excluding hydrogens is 961 g/mol. The lowest BCUT2D eigenvalue weighted by Gasteiger charge is -2.10. The number of oxime groups is 2. The van der Waals surface area contributed by atoms with Crippen molar-refractivity contribution in [2.24, 2.45) is 10.3 Å². The Balaban J connectivity index is 0.751. The van der Waals surface area contributed by atoms with E-state index < -0.39 is 0 Å². The van der Waals surface area contributed by atoms with Crippen molar-refractivity contribution in [1.82, 2.24) is 9.13 Å². The summed E-state index contributed by atoms with van der Waals surface area (Å²) in [6.45, 7) is 13.3. The topological polar surface area (TPSA) is 70.1 Å². The van der Waals surface area contributed by atoms with Crippen molar-refractivity contribution < 1.29 is 14.5 Å². The lowest BCUT2D eigenvalue weighted by Crippen LogP contribution is -2.01. The van der Waals surface area contributed by atoms with Crippen molar-refractivity contribution >= 4 is 84.3 Å². The van der Waals surface area contributed by atoms with E-state index in [0.717, 1.165) is 99.3 Å². The Kier molecular flexibility index (Phi) is 16.0. The summed E-state index contributed by atoms with van der Waals surface area (Å²) in [6.07, 6.45) is 5.11. The van der Waals surface area contributed by atoms with Crippen molar-refractivity contribution in [3.8, 4) is 11.4 Å². The summed E-state index contributed by atoms with van der Waals surface area (Å²) >= 11 is 3.78.